The molecule has 0 aromatic heterocycles. The highest BCUT2D eigenvalue weighted by Gasteiger charge is 2.29. The van der Waals surface area contributed by atoms with Gasteiger partial charge in [-0.05, 0) is 6.07 Å². The second kappa shape index (κ2) is 4.50. The summed E-state index contributed by atoms with van der Waals surface area (Å²) < 4.78 is 0. The third kappa shape index (κ3) is 2.12. The first kappa shape index (κ1) is 11.5. The Labute approximate surface area is 98.4 Å². The number of nitrogens with one attached hydrogen (secondary N) is 1. The third-order valence-electron chi connectivity index (χ3n) is 2.96. The lowest BCUT2D eigenvalue weighted by atomic mass is 10.1. The molecule has 2 rings (SSSR count). The van der Waals surface area contributed by atoms with Crippen molar-refractivity contribution in [2.24, 2.45) is 0 Å². The average Bonchev–Trinajstić information content (AvgIpc) is 2.25. The van der Waals surface area contributed by atoms with Gasteiger partial charge in [-0.2, -0.15) is 0 Å². The van der Waals surface area contributed by atoms with Crippen molar-refractivity contribution < 1.29 is 9.72 Å². The van der Waals surface area contributed by atoms with Crippen molar-refractivity contribution in [1.29, 1.82) is 0 Å². The highest BCUT2D eigenvalue weighted by molar-refractivity contribution is 5.98. The molecule has 90 valence electrons. The van der Waals surface area contributed by atoms with E-state index in [1.807, 2.05) is 0 Å². The minimum absolute atomic E-state index is 0.127. The fraction of sp³-hybridized carbons (Fsp3) is 0.364. The van der Waals surface area contributed by atoms with Crippen LogP contribution in [0, 0.1) is 10.1 Å². The van der Waals surface area contributed by atoms with Crippen LogP contribution in [0.15, 0.2) is 24.3 Å². The number of carbonyl (C=O) groups excluding carboxylic acids is 1. The molecule has 1 aliphatic heterocycles. The predicted octanol–water partition coefficient (Wildman–Crippen LogP) is 0.639. The molecule has 1 amide bonds. The highest BCUT2D eigenvalue weighted by atomic mass is 16.6. The van der Waals surface area contributed by atoms with Crippen LogP contribution in [0.4, 0.5) is 5.69 Å². The van der Waals surface area contributed by atoms with Gasteiger partial charge in [0.2, 0.25) is 0 Å². The maximum absolute atomic E-state index is 12.1. The van der Waals surface area contributed by atoms with Crippen LogP contribution in [0.25, 0.3) is 0 Å². The van der Waals surface area contributed by atoms with Gasteiger partial charge in [0.05, 0.1) is 11.0 Å². The largest absolute Gasteiger partial charge is 0.336 e. The van der Waals surface area contributed by atoms with E-state index in [0.717, 1.165) is 13.1 Å². The summed E-state index contributed by atoms with van der Waals surface area (Å²) in [5.41, 5.74) is 0.00327. The summed E-state index contributed by atoms with van der Waals surface area (Å²) in [5, 5.41) is 13.9. The van der Waals surface area contributed by atoms with Crippen LogP contribution in [0.2, 0.25) is 0 Å². The van der Waals surface area contributed by atoms with Crippen LogP contribution < -0.4 is 5.32 Å². The van der Waals surface area contributed by atoms with Crippen molar-refractivity contribution >= 4 is 11.6 Å². The summed E-state index contributed by atoms with van der Waals surface area (Å²) >= 11 is 0. The van der Waals surface area contributed by atoms with Gasteiger partial charge in [0.15, 0.2) is 0 Å². The molecule has 1 aromatic rings. The van der Waals surface area contributed by atoms with E-state index in [0.29, 0.717) is 0 Å². The van der Waals surface area contributed by atoms with Crippen LogP contribution in [0.3, 0.4) is 0 Å². The van der Waals surface area contributed by atoms with E-state index in [-0.39, 0.29) is 23.2 Å². The number of benzene rings is 1. The smallest absolute Gasteiger partial charge is 0.282 e. The summed E-state index contributed by atoms with van der Waals surface area (Å²) in [6, 6.07) is 6.15. The minimum atomic E-state index is -0.528. The Hall–Kier alpha value is -1.95. The van der Waals surface area contributed by atoms with Crippen LogP contribution in [0.5, 0.6) is 0 Å². The normalized spacial score (nSPS) is 15.1. The van der Waals surface area contributed by atoms with E-state index in [9.17, 15) is 14.9 Å². The number of amides is 1. The number of rotatable bonds is 3. The lowest BCUT2D eigenvalue weighted by Crippen LogP contribution is -2.57. The number of para-hydroxylation sites is 1. The molecular weight excluding hydrogens is 222 g/mol. The fourth-order valence-electron chi connectivity index (χ4n) is 1.72. The first-order chi connectivity index (χ1) is 8.11. The summed E-state index contributed by atoms with van der Waals surface area (Å²) in [7, 11) is 1.67. The van der Waals surface area contributed by atoms with Gasteiger partial charge in [0.1, 0.15) is 5.56 Å². The molecule has 6 nitrogen and oxygen atoms in total. The van der Waals surface area contributed by atoms with Gasteiger partial charge in [-0.25, -0.2) is 0 Å². The minimum Gasteiger partial charge on any atom is -0.336 e. The van der Waals surface area contributed by atoms with Crippen molar-refractivity contribution in [3.05, 3.63) is 39.9 Å². The van der Waals surface area contributed by atoms with E-state index in [1.165, 1.54) is 12.1 Å². The maximum atomic E-state index is 12.1. The van der Waals surface area contributed by atoms with Crippen molar-refractivity contribution in [3.63, 3.8) is 0 Å². The van der Waals surface area contributed by atoms with E-state index >= 15 is 0 Å². The Morgan fingerprint density at radius 3 is 2.65 bits per heavy atom. The lowest BCUT2D eigenvalue weighted by Gasteiger charge is -2.35. The Morgan fingerprint density at radius 2 is 2.12 bits per heavy atom. The molecule has 0 aliphatic carbocycles. The van der Waals surface area contributed by atoms with Crippen LogP contribution in [-0.4, -0.2) is 41.9 Å². The van der Waals surface area contributed by atoms with Crippen molar-refractivity contribution in [3.8, 4) is 0 Å². The second-order valence-electron chi connectivity index (χ2n) is 4.00. The topological polar surface area (TPSA) is 75.5 Å². The van der Waals surface area contributed by atoms with Gasteiger partial charge in [0, 0.05) is 26.2 Å². The molecule has 1 N–H and O–H groups in total. The van der Waals surface area contributed by atoms with Gasteiger partial charge in [-0.3, -0.25) is 14.9 Å². The molecule has 1 aliphatic rings. The quantitative estimate of drug-likeness (QED) is 0.616. The van der Waals surface area contributed by atoms with Crippen LogP contribution >= 0.6 is 0 Å². The molecule has 0 atom stereocenters. The van der Waals surface area contributed by atoms with E-state index in [2.05, 4.69) is 5.32 Å². The average molecular weight is 235 g/mol. The molecule has 1 saturated heterocycles. The SMILES string of the molecule is CN(C(=O)c1ccccc1[N+](=O)[O-])C1CNC1. The van der Waals surface area contributed by atoms with Crippen molar-refractivity contribution in [2.75, 3.05) is 20.1 Å². The van der Waals surface area contributed by atoms with Crippen molar-refractivity contribution in [1.82, 2.24) is 10.2 Å². The van der Waals surface area contributed by atoms with E-state index < -0.39 is 4.92 Å². The number of likely N-dealkylation sites (N-methyl/N-ethyl adjacent to an activating group) is 1. The number of hydrogen-bond donors (Lipinski definition) is 1. The standard InChI is InChI=1S/C11H13N3O3/c1-13(8-6-12-7-8)11(15)9-4-2-3-5-10(9)14(16)17/h2-5,8,12H,6-7H2,1H3. The van der Waals surface area contributed by atoms with Crippen LogP contribution in [-0.2, 0) is 0 Å². The molecule has 0 radical (unpaired) electrons. The monoisotopic (exact) mass is 235 g/mol. The van der Waals surface area contributed by atoms with Crippen LogP contribution in [0.1, 0.15) is 10.4 Å². The van der Waals surface area contributed by atoms with Gasteiger partial charge in [-0.1, -0.05) is 12.1 Å². The Kier molecular flexibility index (Phi) is 3.06. The molecule has 0 saturated carbocycles. The number of nitro benzene ring substituents is 1. The fourth-order valence-corrected chi connectivity index (χ4v) is 1.72. The third-order valence-corrected chi connectivity index (χ3v) is 2.96. The number of nitro groups is 1. The Bertz CT molecular complexity index is 457. The first-order valence-corrected chi connectivity index (χ1v) is 5.32. The molecule has 17 heavy (non-hydrogen) atoms. The molecule has 0 spiro atoms. The molecule has 0 unspecified atom stereocenters. The first-order valence-electron chi connectivity index (χ1n) is 5.32. The van der Waals surface area contributed by atoms with Gasteiger partial charge >= 0.3 is 0 Å². The lowest BCUT2D eigenvalue weighted by molar-refractivity contribution is -0.385. The van der Waals surface area contributed by atoms with Crippen molar-refractivity contribution in [2.45, 2.75) is 6.04 Å². The van der Waals surface area contributed by atoms with Gasteiger partial charge in [0.25, 0.3) is 11.6 Å². The zero-order chi connectivity index (χ0) is 12.4. The summed E-state index contributed by atoms with van der Waals surface area (Å²) in [6.07, 6.45) is 0. The summed E-state index contributed by atoms with van der Waals surface area (Å²) in [5.74, 6) is -0.302. The van der Waals surface area contributed by atoms with E-state index in [1.54, 1.807) is 24.1 Å². The molecule has 0 bridgehead atoms. The Morgan fingerprint density at radius 1 is 1.47 bits per heavy atom. The molecule has 1 aromatic carbocycles. The molecule has 1 fully saturated rings. The summed E-state index contributed by atoms with van der Waals surface area (Å²) in [4.78, 5) is 23.9. The molecular formula is C11H13N3O3. The zero-order valence-electron chi connectivity index (χ0n) is 9.42. The van der Waals surface area contributed by atoms with Gasteiger partial charge < -0.3 is 10.2 Å². The van der Waals surface area contributed by atoms with Gasteiger partial charge in [-0.15, -0.1) is 0 Å². The summed E-state index contributed by atoms with van der Waals surface area (Å²) in [6.45, 7) is 1.48. The molecule has 1 heterocycles. The number of nitrogens with zero attached hydrogens (tertiary/aromatic N) is 2. The molecule has 6 heteroatoms. The zero-order valence-corrected chi connectivity index (χ0v) is 9.42. The Balaban J connectivity index is 2.26. The predicted molar refractivity (Wildman–Crippen MR) is 61.8 cm³/mol. The maximum Gasteiger partial charge on any atom is 0.282 e. The number of carbonyl (C=O) groups is 1. The second-order valence-corrected chi connectivity index (χ2v) is 4.00. The number of hydrogen-bond acceptors (Lipinski definition) is 4. The highest BCUT2D eigenvalue weighted by Crippen LogP contribution is 2.20. The van der Waals surface area contributed by atoms with E-state index in [4.69, 9.17) is 0 Å².